The highest BCUT2D eigenvalue weighted by molar-refractivity contribution is 5.61. The van der Waals surface area contributed by atoms with Gasteiger partial charge in [-0.1, -0.05) is 0 Å². The van der Waals surface area contributed by atoms with Gasteiger partial charge in [-0.05, 0) is 15.5 Å². The Morgan fingerprint density at radius 1 is 0.667 bits per heavy atom. The molecule has 0 saturated carbocycles. The van der Waals surface area contributed by atoms with E-state index in [1.807, 2.05) is 0 Å². The zero-order chi connectivity index (χ0) is 23.5. The molecular formula is C16H16N8O9. The van der Waals surface area contributed by atoms with Crippen molar-refractivity contribution in [3.05, 3.63) is 11.6 Å². The van der Waals surface area contributed by atoms with Crippen molar-refractivity contribution in [1.29, 1.82) is 0 Å². The molecule has 0 aliphatic rings. The van der Waals surface area contributed by atoms with E-state index in [1.54, 1.807) is 0 Å². The van der Waals surface area contributed by atoms with Gasteiger partial charge in [-0.3, -0.25) is 10.6 Å². The topological polar surface area (TPSA) is 229 Å². The van der Waals surface area contributed by atoms with Gasteiger partial charge in [-0.2, -0.15) is 15.0 Å². The first-order chi connectivity index (χ1) is 15.9. The van der Waals surface area contributed by atoms with E-state index >= 15 is 0 Å². The smallest absolute Gasteiger partial charge is 0.299 e. The van der Waals surface area contributed by atoms with E-state index in [-0.39, 0.29) is 65.1 Å². The Bertz CT molecular complexity index is 1100. The van der Waals surface area contributed by atoms with Crippen molar-refractivity contribution in [2.45, 2.75) is 6.42 Å². The number of ether oxygens (including phenoxy) is 3. The van der Waals surface area contributed by atoms with Gasteiger partial charge in [0, 0.05) is 0 Å². The van der Waals surface area contributed by atoms with E-state index in [9.17, 15) is 15.3 Å². The lowest BCUT2D eigenvalue weighted by atomic mass is 10.3. The fraction of sp³-hybridized carbons (Fsp3) is 0.250. The predicted octanol–water partition coefficient (Wildman–Crippen LogP) is 1.06. The predicted molar refractivity (Wildman–Crippen MR) is 103 cm³/mol. The van der Waals surface area contributed by atoms with Gasteiger partial charge in [-0.25, -0.2) is 0 Å². The summed E-state index contributed by atoms with van der Waals surface area (Å²) in [6, 6.07) is 0. The van der Waals surface area contributed by atoms with Crippen molar-refractivity contribution in [3.63, 3.8) is 0 Å². The van der Waals surface area contributed by atoms with Crippen molar-refractivity contribution in [1.82, 2.24) is 30.4 Å². The van der Waals surface area contributed by atoms with Crippen LogP contribution in [0.5, 0.6) is 34.9 Å². The van der Waals surface area contributed by atoms with E-state index in [4.69, 9.17) is 27.8 Å². The molecular weight excluding hydrogens is 448 g/mol. The minimum Gasteiger partial charge on any atom is -0.501 e. The van der Waals surface area contributed by atoms with E-state index in [0.29, 0.717) is 0 Å². The van der Waals surface area contributed by atoms with E-state index < -0.39 is 11.5 Å². The second-order valence-corrected chi connectivity index (χ2v) is 6.03. The summed E-state index contributed by atoms with van der Waals surface area (Å²) in [6.45, 7) is 0. The molecule has 4 aromatic rings. The third-order valence-electron chi connectivity index (χ3n) is 4.01. The summed E-state index contributed by atoms with van der Waals surface area (Å²) in [5.41, 5.74) is 0. The molecule has 17 heteroatoms. The Balaban J connectivity index is 1.68. The van der Waals surface area contributed by atoms with Gasteiger partial charge in [0.25, 0.3) is 29.4 Å². The Morgan fingerprint density at radius 3 is 1.55 bits per heavy atom. The fourth-order valence-corrected chi connectivity index (χ4v) is 2.48. The van der Waals surface area contributed by atoms with E-state index in [1.165, 1.54) is 21.3 Å². The summed E-state index contributed by atoms with van der Waals surface area (Å²) in [5, 5.41) is 46.1. The largest absolute Gasteiger partial charge is 0.501 e. The Morgan fingerprint density at radius 2 is 1.12 bits per heavy atom. The number of nitrogens with one attached hydrogen (secondary N) is 2. The summed E-state index contributed by atoms with van der Waals surface area (Å²) in [6.07, 6.45) is -0.147. The molecule has 0 spiro atoms. The van der Waals surface area contributed by atoms with Crippen LogP contribution in [0, 0.1) is 0 Å². The molecule has 17 nitrogen and oxygen atoms in total. The highest BCUT2D eigenvalue weighted by Crippen LogP contribution is 2.36. The van der Waals surface area contributed by atoms with Gasteiger partial charge < -0.3 is 43.1 Å². The molecule has 4 rings (SSSR count). The maximum absolute atomic E-state index is 10.1. The number of hydrogen-bond acceptors (Lipinski definition) is 17. The molecule has 4 heterocycles. The minimum atomic E-state index is -0.427. The number of rotatable bonds is 9. The molecule has 0 radical (unpaired) electrons. The van der Waals surface area contributed by atoms with E-state index in [2.05, 4.69) is 41.1 Å². The van der Waals surface area contributed by atoms with Crippen molar-refractivity contribution >= 4 is 23.7 Å². The summed E-state index contributed by atoms with van der Waals surface area (Å²) in [7, 11) is 3.89. The first kappa shape index (κ1) is 21.3. The third kappa shape index (κ3) is 4.13. The molecule has 174 valence electrons. The molecule has 0 atom stereocenters. The Labute approximate surface area is 182 Å². The molecule has 5 N–H and O–H groups in total. The van der Waals surface area contributed by atoms with Gasteiger partial charge in [0.2, 0.25) is 29.1 Å². The minimum absolute atomic E-state index is 0.00307. The van der Waals surface area contributed by atoms with Crippen molar-refractivity contribution < 1.29 is 43.1 Å². The molecule has 0 aliphatic heterocycles. The van der Waals surface area contributed by atoms with Crippen LogP contribution in [0.2, 0.25) is 0 Å². The molecule has 4 aromatic heterocycles. The zero-order valence-corrected chi connectivity index (χ0v) is 17.2. The number of hydrogen-bond donors (Lipinski definition) is 5. The Hall–Kier alpha value is -4.96. The van der Waals surface area contributed by atoms with E-state index in [0.717, 1.165) is 0 Å². The monoisotopic (exact) mass is 464 g/mol. The quantitative estimate of drug-likeness (QED) is 0.233. The standard InChI is InChI=1S/C16H16N8O9/c1-28-12-7(25)5(31-22-12)4-6-17-15(19-10-8(26)13(29-2)23-32-10)21-16(18-6)20-11-9(27)14(30-3)24-33-11/h25-27H,4H2,1-3H3,(H2,17,18,19,20,21). The second kappa shape index (κ2) is 8.65. The lowest BCUT2D eigenvalue weighted by Crippen LogP contribution is -2.07. The lowest BCUT2D eigenvalue weighted by molar-refractivity contribution is 0.326. The van der Waals surface area contributed by atoms with Crippen LogP contribution in [0.15, 0.2) is 13.6 Å². The van der Waals surface area contributed by atoms with Gasteiger partial charge in [0.05, 0.1) is 27.8 Å². The second-order valence-electron chi connectivity index (χ2n) is 6.03. The maximum atomic E-state index is 10.1. The fourth-order valence-electron chi connectivity index (χ4n) is 2.48. The van der Waals surface area contributed by atoms with Crippen LogP contribution in [-0.4, -0.2) is 67.1 Å². The summed E-state index contributed by atoms with van der Waals surface area (Å²) in [4.78, 5) is 12.5. The molecule has 0 fully saturated rings. The molecule has 0 amide bonds. The highest BCUT2D eigenvalue weighted by Gasteiger charge is 2.22. The van der Waals surface area contributed by atoms with Crippen molar-refractivity contribution in [2.75, 3.05) is 32.0 Å². The van der Waals surface area contributed by atoms with Crippen LogP contribution >= 0.6 is 0 Å². The van der Waals surface area contributed by atoms with Crippen molar-refractivity contribution in [3.8, 4) is 34.9 Å². The summed E-state index contributed by atoms with van der Waals surface area (Å²) < 4.78 is 29.5. The average molecular weight is 464 g/mol. The molecule has 0 unspecified atom stereocenters. The summed E-state index contributed by atoms with van der Waals surface area (Å²) in [5.74, 6) is -2.28. The van der Waals surface area contributed by atoms with Crippen LogP contribution in [0.1, 0.15) is 11.6 Å². The highest BCUT2D eigenvalue weighted by atomic mass is 16.6. The summed E-state index contributed by atoms with van der Waals surface area (Å²) >= 11 is 0. The number of methoxy groups -OCH3 is 3. The molecule has 33 heavy (non-hydrogen) atoms. The SMILES string of the molecule is COc1noc(Cc2nc(Nc3onc(OC)c3O)nc(Nc3onc(OC)c3O)n2)c1O. The first-order valence-corrected chi connectivity index (χ1v) is 8.89. The molecule has 0 aromatic carbocycles. The Kier molecular flexibility index (Phi) is 5.58. The molecule has 0 bridgehead atoms. The van der Waals surface area contributed by atoms with Gasteiger partial charge in [0.15, 0.2) is 5.76 Å². The van der Waals surface area contributed by atoms with Crippen molar-refractivity contribution in [2.24, 2.45) is 0 Å². The zero-order valence-electron chi connectivity index (χ0n) is 17.2. The first-order valence-electron chi connectivity index (χ1n) is 8.89. The van der Waals surface area contributed by atoms with Crippen LogP contribution in [0.25, 0.3) is 0 Å². The van der Waals surface area contributed by atoms with Crippen LogP contribution in [0.3, 0.4) is 0 Å². The average Bonchev–Trinajstić information content (AvgIpc) is 3.46. The molecule has 0 saturated heterocycles. The van der Waals surface area contributed by atoms with Gasteiger partial charge in [0.1, 0.15) is 5.82 Å². The van der Waals surface area contributed by atoms with Crippen LogP contribution < -0.4 is 24.8 Å². The third-order valence-corrected chi connectivity index (χ3v) is 4.01. The van der Waals surface area contributed by atoms with Crippen LogP contribution in [-0.2, 0) is 6.42 Å². The van der Waals surface area contributed by atoms with Gasteiger partial charge >= 0.3 is 0 Å². The molecule has 0 aliphatic carbocycles. The number of aromatic hydroxyl groups is 3. The number of aromatic nitrogens is 6. The number of nitrogens with zero attached hydrogens (tertiary/aromatic N) is 6. The van der Waals surface area contributed by atoms with Gasteiger partial charge in [-0.15, -0.1) is 0 Å². The maximum Gasteiger partial charge on any atom is 0.299 e. The lowest BCUT2D eigenvalue weighted by Gasteiger charge is -2.07. The van der Waals surface area contributed by atoms with Crippen LogP contribution in [0.4, 0.5) is 23.7 Å². The normalized spacial score (nSPS) is 10.8. The number of anilines is 4.